The second kappa shape index (κ2) is 7.64. The summed E-state index contributed by atoms with van der Waals surface area (Å²) in [5, 5.41) is 2.55. The Hall–Kier alpha value is -1.07. The van der Waals surface area contributed by atoms with Gasteiger partial charge in [0.1, 0.15) is 5.25 Å². The third kappa shape index (κ3) is 4.49. The summed E-state index contributed by atoms with van der Waals surface area (Å²) in [6.45, 7) is 5.62. The second-order valence-electron chi connectivity index (χ2n) is 4.83. The van der Waals surface area contributed by atoms with Crippen LogP contribution in [0.25, 0.3) is 0 Å². The highest BCUT2D eigenvalue weighted by Crippen LogP contribution is 2.24. The van der Waals surface area contributed by atoms with E-state index in [0.717, 1.165) is 12.8 Å². The molecule has 4 nitrogen and oxygen atoms in total. The molecule has 0 saturated heterocycles. The zero-order valence-corrected chi connectivity index (χ0v) is 13.6. The average molecular weight is 317 g/mol. The summed E-state index contributed by atoms with van der Waals surface area (Å²) in [7, 11) is -1.52. The van der Waals surface area contributed by atoms with Gasteiger partial charge in [0.15, 0.2) is 0 Å². The Labute approximate surface area is 127 Å². The first kappa shape index (κ1) is 17.0. The number of benzene rings is 1. The Balaban J connectivity index is 2.80. The van der Waals surface area contributed by atoms with E-state index in [4.69, 9.17) is 17.3 Å². The molecular weight excluding hydrogens is 296 g/mol. The Morgan fingerprint density at radius 1 is 1.45 bits per heavy atom. The molecule has 0 fully saturated rings. The van der Waals surface area contributed by atoms with Gasteiger partial charge in [0, 0.05) is 11.7 Å². The van der Waals surface area contributed by atoms with Crippen molar-refractivity contribution in [3.05, 3.63) is 23.2 Å². The maximum atomic E-state index is 12.4. The number of amides is 1. The van der Waals surface area contributed by atoms with E-state index in [-0.39, 0.29) is 11.9 Å². The van der Waals surface area contributed by atoms with E-state index in [2.05, 4.69) is 12.2 Å². The van der Waals surface area contributed by atoms with E-state index in [9.17, 15) is 9.00 Å². The van der Waals surface area contributed by atoms with Crippen LogP contribution in [0.3, 0.4) is 0 Å². The van der Waals surface area contributed by atoms with E-state index in [1.807, 2.05) is 6.92 Å². The lowest BCUT2D eigenvalue weighted by Crippen LogP contribution is -2.40. The second-order valence-corrected chi connectivity index (χ2v) is 6.98. The zero-order valence-electron chi connectivity index (χ0n) is 12.0. The first-order chi connectivity index (χ1) is 9.36. The number of anilines is 1. The number of halogens is 1. The molecule has 0 aliphatic rings. The van der Waals surface area contributed by atoms with Crippen LogP contribution >= 0.6 is 11.6 Å². The van der Waals surface area contributed by atoms with Crippen molar-refractivity contribution in [2.24, 2.45) is 0 Å². The topological polar surface area (TPSA) is 72.2 Å². The SMILES string of the molecule is CCCC(C)NC(=O)C(C)S(=O)c1cc(N)ccc1Cl. The van der Waals surface area contributed by atoms with Crippen molar-refractivity contribution in [2.75, 3.05) is 5.73 Å². The number of carbonyl (C=O) groups is 1. The maximum Gasteiger partial charge on any atom is 0.236 e. The van der Waals surface area contributed by atoms with Gasteiger partial charge in [-0.2, -0.15) is 0 Å². The summed E-state index contributed by atoms with van der Waals surface area (Å²) in [6.07, 6.45) is 1.88. The third-order valence-electron chi connectivity index (χ3n) is 2.97. The quantitative estimate of drug-likeness (QED) is 0.793. The normalized spacial score (nSPS) is 15.4. The van der Waals surface area contributed by atoms with Gasteiger partial charge in [0.25, 0.3) is 0 Å². The van der Waals surface area contributed by atoms with Gasteiger partial charge in [0.2, 0.25) is 5.91 Å². The van der Waals surface area contributed by atoms with E-state index >= 15 is 0 Å². The molecule has 112 valence electrons. The van der Waals surface area contributed by atoms with Gasteiger partial charge in [-0.15, -0.1) is 0 Å². The predicted octanol–water partition coefficient (Wildman–Crippen LogP) is 2.72. The van der Waals surface area contributed by atoms with Crippen LogP contribution < -0.4 is 11.1 Å². The van der Waals surface area contributed by atoms with Gasteiger partial charge in [0.05, 0.1) is 20.7 Å². The molecular formula is C14H21ClN2O2S. The fraction of sp³-hybridized carbons (Fsp3) is 0.500. The Morgan fingerprint density at radius 2 is 2.10 bits per heavy atom. The number of nitrogens with one attached hydrogen (secondary N) is 1. The van der Waals surface area contributed by atoms with Crippen LogP contribution in [0.2, 0.25) is 5.02 Å². The predicted molar refractivity (Wildman–Crippen MR) is 84.2 cm³/mol. The minimum absolute atomic E-state index is 0.0725. The van der Waals surface area contributed by atoms with Crippen LogP contribution in [0, 0.1) is 0 Å². The summed E-state index contributed by atoms with van der Waals surface area (Å²) in [6, 6.07) is 4.85. The molecule has 3 unspecified atom stereocenters. The lowest BCUT2D eigenvalue weighted by Gasteiger charge is -2.17. The van der Waals surface area contributed by atoms with Crippen molar-refractivity contribution in [1.82, 2.24) is 5.32 Å². The van der Waals surface area contributed by atoms with Gasteiger partial charge < -0.3 is 11.1 Å². The number of hydrogen-bond donors (Lipinski definition) is 2. The summed E-state index contributed by atoms with van der Waals surface area (Å²) >= 11 is 6.01. The molecule has 1 rings (SSSR count). The number of hydrogen-bond acceptors (Lipinski definition) is 3. The van der Waals surface area contributed by atoms with E-state index in [0.29, 0.717) is 15.6 Å². The summed E-state index contributed by atoms with van der Waals surface area (Å²) < 4.78 is 12.4. The molecule has 0 aliphatic carbocycles. The van der Waals surface area contributed by atoms with E-state index < -0.39 is 16.0 Å². The summed E-state index contributed by atoms with van der Waals surface area (Å²) in [5.41, 5.74) is 6.14. The number of nitrogen functional groups attached to an aromatic ring is 1. The molecule has 20 heavy (non-hydrogen) atoms. The molecule has 0 aliphatic heterocycles. The number of carbonyl (C=O) groups excluding carboxylic acids is 1. The van der Waals surface area contributed by atoms with Crippen LogP contribution in [-0.4, -0.2) is 21.4 Å². The highest BCUT2D eigenvalue weighted by atomic mass is 35.5. The minimum Gasteiger partial charge on any atom is -0.399 e. The average Bonchev–Trinajstić information content (AvgIpc) is 2.40. The smallest absolute Gasteiger partial charge is 0.236 e. The molecule has 0 bridgehead atoms. The molecule has 1 aromatic rings. The van der Waals surface area contributed by atoms with E-state index in [1.165, 1.54) is 0 Å². The lowest BCUT2D eigenvalue weighted by molar-refractivity contribution is -0.121. The van der Waals surface area contributed by atoms with Crippen LogP contribution in [-0.2, 0) is 15.6 Å². The molecule has 0 radical (unpaired) electrons. The molecule has 0 heterocycles. The van der Waals surface area contributed by atoms with Crippen LogP contribution in [0.15, 0.2) is 23.1 Å². The minimum atomic E-state index is -1.52. The summed E-state index contributed by atoms with van der Waals surface area (Å²) in [4.78, 5) is 12.5. The standard InChI is InChI=1S/C14H21ClN2O2S/c1-4-5-9(2)17-14(18)10(3)20(19)13-8-11(16)6-7-12(13)15/h6-10H,4-5,16H2,1-3H3,(H,17,18). The molecule has 3 atom stereocenters. The molecule has 0 spiro atoms. The van der Waals surface area contributed by atoms with Crippen molar-refractivity contribution in [1.29, 1.82) is 0 Å². The summed E-state index contributed by atoms with van der Waals surface area (Å²) in [5.74, 6) is -0.234. The Morgan fingerprint density at radius 3 is 2.70 bits per heavy atom. The van der Waals surface area contributed by atoms with Gasteiger partial charge in [-0.05, 0) is 38.5 Å². The first-order valence-electron chi connectivity index (χ1n) is 6.62. The molecule has 3 N–H and O–H groups in total. The highest BCUT2D eigenvalue weighted by Gasteiger charge is 2.24. The third-order valence-corrected chi connectivity index (χ3v) is 5.04. The van der Waals surface area contributed by atoms with Gasteiger partial charge in [-0.3, -0.25) is 9.00 Å². The zero-order chi connectivity index (χ0) is 15.3. The van der Waals surface area contributed by atoms with Crippen molar-refractivity contribution in [2.45, 2.75) is 49.8 Å². The van der Waals surface area contributed by atoms with E-state index in [1.54, 1.807) is 25.1 Å². The Bertz CT molecular complexity index is 508. The molecule has 0 aromatic heterocycles. The van der Waals surface area contributed by atoms with Crippen LogP contribution in [0.4, 0.5) is 5.69 Å². The molecule has 6 heteroatoms. The van der Waals surface area contributed by atoms with Crippen molar-refractivity contribution in [3.63, 3.8) is 0 Å². The number of nitrogens with two attached hydrogens (primary N) is 1. The van der Waals surface area contributed by atoms with Crippen molar-refractivity contribution in [3.8, 4) is 0 Å². The first-order valence-corrected chi connectivity index (χ1v) is 8.21. The largest absolute Gasteiger partial charge is 0.399 e. The van der Waals surface area contributed by atoms with Gasteiger partial charge in [-0.25, -0.2) is 0 Å². The lowest BCUT2D eigenvalue weighted by atomic mass is 10.2. The Kier molecular flexibility index (Phi) is 6.49. The molecule has 1 aromatic carbocycles. The number of rotatable bonds is 6. The fourth-order valence-electron chi connectivity index (χ4n) is 1.83. The molecule has 1 amide bonds. The van der Waals surface area contributed by atoms with Crippen LogP contribution in [0.5, 0.6) is 0 Å². The van der Waals surface area contributed by atoms with Crippen LogP contribution in [0.1, 0.15) is 33.6 Å². The van der Waals surface area contributed by atoms with Gasteiger partial charge >= 0.3 is 0 Å². The highest BCUT2D eigenvalue weighted by molar-refractivity contribution is 7.86. The maximum absolute atomic E-state index is 12.4. The monoisotopic (exact) mass is 316 g/mol. The van der Waals surface area contributed by atoms with Gasteiger partial charge in [-0.1, -0.05) is 24.9 Å². The van der Waals surface area contributed by atoms with Crippen molar-refractivity contribution < 1.29 is 9.00 Å². The molecule has 0 saturated carbocycles. The fourth-order valence-corrected chi connectivity index (χ4v) is 3.33. The van der Waals surface area contributed by atoms with Crippen molar-refractivity contribution >= 4 is 34.0 Å².